The number of benzene rings is 1. The van der Waals surface area contributed by atoms with Gasteiger partial charge in [0, 0.05) is 17.9 Å². The Morgan fingerprint density at radius 3 is 2.87 bits per heavy atom. The lowest BCUT2D eigenvalue weighted by atomic mass is 9.83. The van der Waals surface area contributed by atoms with Crippen molar-refractivity contribution in [1.82, 2.24) is 14.8 Å². The second kappa shape index (κ2) is 7.45. The van der Waals surface area contributed by atoms with Crippen molar-refractivity contribution in [1.29, 1.82) is 0 Å². The van der Waals surface area contributed by atoms with Crippen LogP contribution >= 0.6 is 11.8 Å². The minimum atomic E-state index is -0.618. The van der Waals surface area contributed by atoms with E-state index in [2.05, 4.69) is 15.4 Å². The summed E-state index contributed by atoms with van der Waals surface area (Å²) in [5.74, 6) is 0.658. The first kappa shape index (κ1) is 18.6. The lowest BCUT2D eigenvalue weighted by Crippen LogP contribution is -2.38. The summed E-state index contributed by atoms with van der Waals surface area (Å²) in [7, 11) is 0. The zero-order valence-electron chi connectivity index (χ0n) is 15.7. The smallest absolute Gasteiger partial charge is 0.403 e. The van der Waals surface area contributed by atoms with Gasteiger partial charge in [0.1, 0.15) is 22.5 Å². The Bertz CT molecular complexity index is 1150. The number of carbonyl (C=O) groups excluding carboxylic acids is 1. The quantitative estimate of drug-likeness (QED) is 0.372. The number of ketones is 1. The van der Waals surface area contributed by atoms with E-state index in [1.807, 2.05) is 36.4 Å². The van der Waals surface area contributed by atoms with Gasteiger partial charge in [-0.2, -0.15) is 4.98 Å². The third-order valence-corrected chi connectivity index (χ3v) is 6.09. The van der Waals surface area contributed by atoms with Gasteiger partial charge in [-0.25, -0.2) is 4.68 Å². The molecule has 0 amide bonds. The highest BCUT2D eigenvalue weighted by molar-refractivity contribution is 7.98. The van der Waals surface area contributed by atoms with Gasteiger partial charge in [0.2, 0.25) is 11.1 Å². The van der Waals surface area contributed by atoms with Gasteiger partial charge in [0.15, 0.2) is 0 Å². The molecule has 2 aliphatic rings. The van der Waals surface area contributed by atoms with Crippen molar-refractivity contribution in [2.75, 3.05) is 5.32 Å². The monoisotopic (exact) mass is 423 g/mol. The molecule has 1 aliphatic heterocycles. The number of allylic oxidation sites excluding steroid dienone is 2. The van der Waals surface area contributed by atoms with Crippen LogP contribution < -0.4 is 5.32 Å². The van der Waals surface area contributed by atoms with E-state index in [-0.39, 0.29) is 11.7 Å². The summed E-state index contributed by atoms with van der Waals surface area (Å²) in [5.41, 5.74) is 1.89. The van der Waals surface area contributed by atoms with Gasteiger partial charge >= 0.3 is 5.88 Å². The minimum absolute atomic E-state index is 0.0451. The number of Topliss-reactive ketones (excluding diaryl/α,β-unsaturated/α-hetero) is 1. The van der Waals surface area contributed by atoms with E-state index < -0.39 is 16.9 Å². The highest BCUT2D eigenvalue weighted by Crippen LogP contribution is 2.43. The third kappa shape index (κ3) is 3.28. The van der Waals surface area contributed by atoms with Crippen LogP contribution in [0.3, 0.4) is 0 Å². The second-order valence-corrected chi connectivity index (χ2v) is 8.02. The standard InChI is InChI=1S/C20H17N5O4S/c26-14-8-4-7-13-17(14)18(15-9-10-16(29-15)25(27)28)24-19(21-13)22-20(23-24)30-11-12-5-2-1-3-6-12/h1-3,5-7,9-10,17-18H,4,8,11H2,(H,21,22,23)/t17-,18-/m0/s1. The van der Waals surface area contributed by atoms with Crippen LogP contribution in [0.2, 0.25) is 0 Å². The molecule has 5 rings (SSSR count). The topological polar surface area (TPSA) is 116 Å². The zero-order chi connectivity index (χ0) is 20.7. The molecule has 1 N–H and O–H groups in total. The first-order chi connectivity index (χ1) is 14.6. The normalized spacial score (nSPS) is 20.1. The van der Waals surface area contributed by atoms with E-state index >= 15 is 0 Å². The Labute approximate surface area is 175 Å². The van der Waals surface area contributed by atoms with Gasteiger partial charge in [-0.05, 0) is 18.1 Å². The largest absolute Gasteiger partial charge is 0.433 e. The van der Waals surface area contributed by atoms with Gasteiger partial charge in [-0.3, -0.25) is 14.9 Å². The van der Waals surface area contributed by atoms with Crippen molar-refractivity contribution < 1.29 is 14.1 Å². The van der Waals surface area contributed by atoms with Crippen molar-refractivity contribution in [3.8, 4) is 0 Å². The molecule has 1 aliphatic carbocycles. The molecule has 0 unspecified atom stereocenters. The fourth-order valence-electron chi connectivity index (χ4n) is 3.82. The zero-order valence-corrected chi connectivity index (χ0v) is 16.5. The summed E-state index contributed by atoms with van der Waals surface area (Å²) in [6.07, 6.45) is 3.03. The molecular formula is C20H17N5O4S. The molecule has 10 heteroatoms. The van der Waals surface area contributed by atoms with Gasteiger partial charge in [-0.15, -0.1) is 5.10 Å². The van der Waals surface area contributed by atoms with E-state index in [4.69, 9.17) is 4.42 Å². The molecule has 1 aromatic carbocycles. The lowest BCUT2D eigenvalue weighted by Gasteiger charge is -2.34. The Balaban J connectivity index is 1.52. The molecule has 152 valence electrons. The van der Waals surface area contributed by atoms with Crippen LogP contribution in [0.15, 0.2) is 63.8 Å². The first-order valence-electron chi connectivity index (χ1n) is 9.47. The van der Waals surface area contributed by atoms with Crippen LogP contribution in [0.25, 0.3) is 0 Å². The number of furan rings is 1. The average molecular weight is 423 g/mol. The van der Waals surface area contributed by atoms with E-state index in [1.54, 1.807) is 4.68 Å². The van der Waals surface area contributed by atoms with E-state index in [0.29, 0.717) is 35.5 Å². The Morgan fingerprint density at radius 1 is 1.27 bits per heavy atom. The maximum atomic E-state index is 12.8. The Morgan fingerprint density at radius 2 is 2.10 bits per heavy atom. The van der Waals surface area contributed by atoms with Crippen LogP contribution in [0.5, 0.6) is 0 Å². The van der Waals surface area contributed by atoms with Crippen molar-refractivity contribution in [2.24, 2.45) is 5.92 Å². The second-order valence-electron chi connectivity index (χ2n) is 7.08. The van der Waals surface area contributed by atoms with Crippen LogP contribution in [0, 0.1) is 16.0 Å². The van der Waals surface area contributed by atoms with E-state index in [1.165, 1.54) is 23.9 Å². The minimum Gasteiger partial charge on any atom is -0.403 e. The number of carbonyl (C=O) groups is 1. The predicted octanol–water partition coefficient (Wildman–Crippen LogP) is 3.95. The summed E-state index contributed by atoms with van der Waals surface area (Å²) in [5, 5.41) is 19.5. The summed E-state index contributed by atoms with van der Waals surface area (Å²) in [6, 6.07) is 12.2. The van der Waals surface area contributed by atoms with Crippen LogP contribution in [0.4, 0.5) is 11.8 Å². The van der Waals surface area contributed by atoms with Gasteiger partial charge in [0.05, 0.1) is 12.0 Å². The number of nitrogens with zero attached hydrogens (tertiary/aromatic N) is 4. The number of nitrogens with one attached hydrogen (secondary N) is 1. The molecule has 0 fully saturated rings. The molecular weight excluding hydrogens is 406 g/mol. The highest BCUT2D eigenvalue weighted by Gasteiger charge is 2.43. The fraction of sp³-hybridized carbons (Fsp3) is 0.250. The molecule has 9 nitrogen and oxygen atoms in total. The number of thioether (sulfide) groups is 1. The summed E-state index contributed by atoms with van der Waals surface area (Å²) in [4.78, 5) is 27.8. The van der Waals surface area contributed by atoms with Crippen LogP contribution in [-0.2, 0) is 10.5 Å². The molecule has 0 saturated heterocycles. The number of hydrogen-bond donors (Lipinski definition) is 1. The summed E-state index contributed by atoms with van der Waals surface area (Å²) < 4.78 is 7.09. The maximum absolute atomic E-state index is 12.8. The summed E-state index contributed by atoms with van der Waals surface area (Å²) >= 11 is 1.48. The molecule has 2 aromatic heterocycles. The third-order valence-electron chi connectivity index (χ3n) is 5.18. The number of rotatable bonds is 5. The number of anilines is 1. The van der Waals surface area contributed by atoms with Crippen molar-refractivity contribution in [3.63, 3.8) is 0 Å². The number of fused-ring (bicyclic) bond motifs is 2. The molecule has 3 aromatic rings. The molecule has 0 spiro atoms. The molecule has 2 atom stereocenters. The Kier molecular flexibility index (Phi) is 4.62. The van der Waals surface area contributed by atoms with Crippen LogP contribution in [0.1, 0.15) is 30.2 Å². The van der Waals surface area contributed by atoms with Crippen LogP contribution in [-0.4, -0.2) is 25.5 Å². The van der Waals surface area contributed by atoms with Gasteiger partial charge in [0.25, 0.3) is 0 Å². The molecule has 0 bridgehead atoms. The molecule has 3 heterocycles. The van der Waals surface area contributed by atoms with Gasteiger partial charge < -0.3 is 9.73 Å². The van der Waals surface area contributed by atoms with Crippen molar-refractivity contribution in [3.05, 3.63) is 75.7 Å². The molecule has 0 radical (unpaired) electrons. The average Bonchev–Trinajstić information content (AvgIpc) is 3.39. The Hall–Kier alpha value is -3.40. The first-order valence-corrected chi connectivity index (χ1v) is 10.5. The fourth-order valence-corrected chi connectivity index (χ4v) is 4.61. The number of aromatic nitrogens is 3. The van der Waals surface area contributed by atoms with Gasteiger partial charge in [-0.1, -0.05) is 48.2 Å². The number of nitro groups is 1. The predicted molar refractivity (Wildman–Crippen MR) is 109 cm³/mol. The highest BCUT2D eigenvalue weighted by atomic mass is 32.2. The van der Waals surface area contributed by atoms with Crippen molar-refractivity contribution >= 4 is 29.4 Å². The SMILES string of the molecule is O=C1CCC=C2Nc3nc(SCc4ccccc4)nn3[C@@H](c3ccc([N+](=O)[O-])o3)[C@H]12. The molecule has 30 heavy (non-hydrogen) atoms. The summed E-state index contributed by atoms with van der Waals surface area (Å²) in [6.45, 7) is 0. The van der Waals surface area contributed by atoms with E-state index in [9.17, 15) is 14.9 Å². The lowest BCUT2D eigenvalue weighted by molar-refractivity contribution is -0.402. The number of hydrogen-bond acceptors (Lipinski definition) is 8. The van der Waals surface area contributed by atoms with E-state index in [0.717, 1.165) is 11.3 Å². The maximum Gasteiger partial charge on any atom is 0.433 e. The van der Waals surface area contributed by atoms with Crippen molar-refractivity contribution in [2.45, 2.75) is 29.8 Å². The molecule has 0 saturated carbocycles.